The molecule has 0 saturated carbocycles. The summed E-state index contributed by atoms with van der Waals surface area (Å²) in [7, 11) is 1.50. The number of piperidine rings is 1. The van der Waals surface area contributed by atoms with E-state index in [-0.39, 0.29) is 42.1 Å². The van der Waals surface area contributed by atoms with Crippen LogP contribution in [0.3, 0.4) is 0 Å². The molecule has 5 heterocycles. The molecule has 1 fully saturated rings. The molecular weight excluding hydrogens is 635 g/mol. The first kappa shape index (κ1) is 32.9. The maximum Gasteiger partial charge on any atom is 0.258 e. The van der Waals surface area contributed by atoms with Gasteiger partial charge in [0.25, 0.3) is 11.8 Å². The minimum atomic E-state index is -0.583. The number of amides is 4. The molecule has 46 heavy (non-hydrogen) atoms. The van der Waals surface area contributed by atoms with Crippen molar-refractivity contribution in [2.75, 3.05) is 33.4 Å². The molecule has 11 nitrogen and oxygen atoms in total. The van der Waals surface area contributed by atoms with Crippen molar-refractivity contribution in [1.82, 2.24) is 20.9 Å². The number of benzene rings is 3. The average molecular weight is 670 g/mol. The van der Waals surface area contributed by atoms with Crippen molar-refractivity contribution in [1.29, 1.82) is 0 Å². The van der Waals surface area contributed by atoms with Gasteiger partial charge < -0.3 is 35.1 Å². The molecule has 3 N–H and O–H groups in total. The van der Waals surface area contributed by atoms with Crippen LogP contribution in [0.4, 0.5) is 0 Å². The van der Waals surface area contributed by atoms with E-state index in [4.69, 9.17) is 37.4 Å². The van der Waals surface area contributed by atoms with E-state index in [1.165, 1.54) is 19.2 Å². The molecule has 3 aromatic carbocycles. The second-order valence-electron chi connectivity index (χ2n) is 11.0. The fourth-order valence-corrected chi connectivity index (χ4v) is 5.63. The molecular formula is C33H34Cl2N4O7. The maximum absolute atomic E-state index is 13.2. The third-order valence-electron chi connectivity index (χ3n) is 7.75. The number of hydrogen-bond donors (Lipinski definition) is 3. The van der Waals surface area contributed by atoms with E-state index in [0.717, 1.165) is 11.1 Å². The van der Waals surface area contributed by atoms with Gasteiger partial charge in [-0.05, 0) is 60.0 Å². The first-order valence-electron chi connectivity index (χ1n) is 14.8. The van der Waals surface area contributed by atoms with Crippen LogP contribution >= 0.6 is 23.2 Å². The number of aryl methyl sites for hydroxylation is 1. The third-order valence-corrected chi connectivity index (χ3v) is 8.31. The Labute approximate surface area is 276 Å². The summed E-state index contributed by atoms with van der Waals surface area (Å²) in [6.45, 7) is 0.276. The average Bonchev–Trinajstić information content (AvgIpc) is 3.06. The second-order valence-corrected chi connectivity index (χ2v) is 11.8. The third kappa shape index (κ3) is 8.61. The summed E-state index contributed by atoms with van der Waals surface area (Å²) in [5, 5.41) is 9.06. The fourth-order valence-electron chi connectivity index (χ4n) is 5.26. The molecule has 8 rings (SSSR count). The van der Waals surface area contributed by atoms with Crippen LogP contribution in [-0.2, 0) is 27.3 Å². The zero-order chi connectivity index (χ0) is 32.6. The van der Waals surface area contributed by atoms with Gasteiger partial charge in [0, 0.05) is 37.5 Å². The minimum absolute atomic E-state index is 0.0809. The van der Waals surface area contributed by atoms with Gasteiger partial charge in [0.1, 0.15) is 11.9 Å². The fraction of sp³-hybridized carbons (Fsp3) is 0.333. The smallest absolute Gasteiger partial charge is 0.258 e. The van der Waals surface area contributed by atoms with Gasteiger partial charge in [0.15, 0.2) is 18.1 Å². The zero-order valence-corrected chi connectivity index (χ0v) is 26.7. The number of nitrogens with zero attached hydrogens (tertiary/aromatic N) is 1. The molecule has 0 aliphatic carbocycles. The lowest BCUT2D eigenvalue weighted by molar-refractivity contribution is -0.134. The van der Waals surface area contributed by atoms with E-state index < -0.39 is 24.0 Å². The highest BCUT2D eigenvalue weighted by atomic mass is 35.5. The van der Waals surface area contributed by atoms with Crippen LogP contribution in [0.25, 0.3) is 0 Å². The van der Waals surface area contributed by atoms with Crippen molar-refractivity contribution >= 4 is 46.8 Å². The summed E-state index contributed by atoms with van der Waals surface area (Å²) < 4.78 is 17.5. The Morgan fingerprint density at radius 1 is 1.00 bits per heavy atom. The van der Waals surface area contributed by atoms with Gasteiger partial charge in [-0.1, -0.05) is 41.4 Å². The Hall–Kier alpha value is -4.48. The van der Waals surface area contributed by atoms with Crippen LogP contribution in [0.1, 0.15) is 34.3 Å². The van der Waals surface area contributed by atoms with Gasteiger partial charge in [-0.2, -0.15) is 0 Å². The van der Waals surface area contributed by atoms with Crippen LogP contribution in [0.2, 0.25) is 10.0 Å². The molecule has 0 aromatic heterocycles. The summed E-state index contributed by atoms with van der Waals surface area (Å²) >= 11 is 12.1. The van der Waals surface area contributed by atoms with E-state index in [1.807, 2.05) is 30.3 Å². The van der Waals surface area contributed by atoms with Gasteiger partial charge in [0.05, 0.1) is 30.3 Å². The summed E-state index contributed by atoms with van der Waals surface area (Å²) in [4.78, 5) is 53.0. The van der Waals surface area contributed by atoms with Crippen molar-refractivity contribution in [3.8, 4) is 17.2 Å². The lowest BCUT2D eigenvalue weighted by atomic mass is 10.0. The van der Waals surface area contributed by atoms with Gasteiger partial charge in [0.2, 0.25) is 11.8 Å². The maximum atomic E-state index is 13.2. The lowest BCUT2D eigenvalue weighted by Crippen LogP contribution is -2.59. The van der Waals surface area contributed by atoms with Gasteiger partial charge >= 0.3 is 0 Å². The Morgan fingerprint density at radius 3 is 2.57 bits per heavy atom. The summed E-state index contributed by atoms with van der Waals surface area (Å²) in [6, 6.07) is 16.6. The van der Waals surface area contributed by atoms with Crippen molar-refractivity contribution in [3.63, 3.8) is 0 Å². The predicted molar refractivity (Wildman–Crippen MR) is 171 cm³/mol. The number of carbonyl (C=O) groups excluding carboxylic acids is 4. The standard InChI is InChI=1S/C33H34Cl2N4O7/c1-44-29-14-20-4-10-28(29)45-19-31(41)38-26-18-39(32(42)17-37-33(43)24-15-22(34)6-9-25(24)35)13-12-27(26)46-23-7-2-21(3-8-23)16-36-30(40)11-5-20/h2-4,6-10,14-15,26-27H,5,11-13,16-19H2,1H3,(H,36,40)(H,37,43)(H,38,41)/t26-,27-/m1/s1. The number of likely N-dealkylation sites (tertiary alicyclic amines) is 1. The Bertz CT molecular complexity index is 1600. The van der Waals surface area contributed by atoms with Crippen LogP contribution in [0, 0.1) is 0 Å². The normalized spacial score (nSPS) is 18.7. The number of nitrogens with one attached hydrogen (secondary N) is 3. The molecule has 5 aliphatic heterocycles. The first-order chi connectivity index (χ1) is 22.2. The summed E-state index contributed by atoms with van der Waals surface area (Å²) in [5.41, 5.74) is 1.96. The number of rotatable bonds is 4. The predicted octanol–water partition coefficient (Wildman–Crippen LogP) is 3.54. The summed E-state index contributed by atoms with van der Waals surface area (Å²) in [6.07, 6.45) is 0.765. The van der Waals surface area contributed by atoms with E-state index in [1.54, 1.807) is 23.1 Å². The molecule has 0 unspecified atom stereocenters. The largest absolute Gasteiger partial charge is 0.493 e. The summed E-state index contributed by atoms with van der Waals surface area (Å²) in [5.74, 6) is 0.0448. The molecule has 0 spiro atoms. The molecule has 4 bridgehead atoms. The molecule has 13 heteroatoms. The van der Waals surface area contributed by atoms with Crippen molar-refractivity contribution < 1.29 is 33.4 Å². The number of carbonyl (C=O) groups is 4. The highest BCUT2D eigenvalue weighted by Crippen LogP contribution is 2.29. The van der Waals surface area contributed by atoms with Crippen LogP contribution in [0.15, 0.2) is 60.7 Å². The second kappa shape index (κ2) is 15.2. The highest BCUT2D eigenvalue weighted by molar-refractivity contribution is 6.35. The monoisotopic (exact) mass is 668 g/mol. The molecule has 4 amide bonds. The number of hydrogen-bond acceptors (Lipinski definition) is 7. The Kier molecular flexibility index (Phi) is 10.9. The quantitative estimate of drug-likeness (QED) is 0.387. The van der Waals surface area contributed by atoms with E-state index in [9.17, 15) is 19.2 Å². The molecule has 0 radical (unpaired) electrons. The molecule has 5 aliphatic rings. The van der Waals surface area contributed by atoms with E-state index in [0.29, 0.717) is 54.6 Å². The van der Waals surface area contributed by atoms with Crippen LogP contribution in [-0.4, -0.2) is 74.0 Å². The molecule has 242 valence electrons. The topological polar surface area (TPSA) is 135 Å². The van der Waals surface area contributed by atoms with E-state index >= 15 is 0 Å². The first-order valence-corrected chi connectivity index (χ1v) is 15.6. The minimum Gasteiger partial charge on any atom is -0.493 e. The van der Waals surface area contributed by atoms with Crippen molar-refractivity contribution in [2.45, 2.75) is 38.0 Å². The van der Waals surface area contributed by atoms with Gasteiger partial charge in [-0.25, -0.2) is 0 Å². The van der Waals surface area contributed by atoms with Crippen LogP contribution in [0.5, 0.6) is 17.2 Å². The van der Waals surface area contributed by atoms with Crippen LogP contribution < -0.4 is 30.2 Å². The molecule has 1 saturated heterocycles. The zero-order valence-electron chi connectivity index (χ0n) is 25.1. The molecule has 2 atom stereocenters. The van der Waals surface area contributed by atoms with E-state index in [2.05, 4.69) is 16.0 Å². The number of ether oxygens (including phenoxy) is 3. The van der Waals surface area contributed by atoms with Gasteiger partial charge in [-0.3, -0.25) is 19.2 Å². The van der Waals surface area contributed by atoms with Crippen molar-refractivity contribution in [3.05, 3.63) is 87.4 Å². The van der Waals surface area contributed by atoms with Gasteiger partial charge in [-0.15, -0.1) is 0 Å². The van der Waals surface area contributed by atoms with Crippen molar-refractivity contribution in [2.24, 2.45) is 0 Å². The SMILES string of the molecule is COc1cc2ccc1OCC(=O)N[C@@H]1CN(C(=O)CNC(=O)c3cc(Cl)ccc3Cl)CC[C@H]1Oc1ccc(cc1)CNC(=O)CC2. The Balaban J connectivity index is 1.30. The highest BCUT2D eigenvalue weighted by Gasteiger charge is 2.34. The lowest BCUT2D eigenvalue weighted by Gasteiger charge is -2.39. The number of halogens is 2. The number of methoxy groups -OCH3 is 1. The molecule has 3 aromatic rings. The Morgan fingerprint density at radius 2 is 1.78 bits per heavy atom.